The molecule has 0 aliphatic carbocycles. The van der Waals surface area contributed by atoms with Crippen LogP contribution in [0.4, 0.5) is 0 Å². The van der Waals surface area contributed by atoms with Crippen LogP contribution in [0, 0.1) is 56.3 Å². The normalized spacial score (nSPS) is 4.50. The van der Waals surface area contributed by atoms with Crippen molar-refractivity contribution in [1.82, 2.24) is 0 Å². The van der Waals surface area contributed by atoms with Crippen LogP contribution in [0.15, 0.2) is 0 Å². The maximum absolute atomic E-state index is 3.49. The summed E-state index contributed by atoms with van der Waals surface area (Å²) in [6.45, 7) is 5.50. The van der Waals surface area contributed by atoms with E-state index in [1.807, 2.05) is 6.92 Å². The zero-order chi connectivity index (χ0) is 2.71. The predicted octanol–water partition coefficient (Wildman–Crippen LogP) is 1.23. The first-order valence-electron chi connectivity index (χ1n) is 1.21. The van der Waals surface area contributed by atoms with Crippen molar-refractivity contribution in [2.24, 2.45) is 0 Å². The Kier molecular flexibility index (Phi) is 20.1. The molecule has 0 saturated heterocycles. The molecule has 26 valence electrons. The van der Waals surface area contributed by atoms with E-state index in [4.69, 9.17) is 0 Å². The fraction of sp³-hybridized carbons (Fsp3) is 0.667. The molecule has 0 spiro atoms. The summed E-state index contributed by atoms with van der Waals surface area (Å²) in [6, 6.07) is 0. The number of rotatable bonds is 0. The van der Waals surface area contributed by atoms with Gasteiger partial charge in [-0.15, -0.1) is 0 Å². The van der Waals surface area contributed by atoms with Gasteiger partial charge in [0, 0.05) is 49.4 Å². The second kappa shape index (κ2) is 8.82. The van der Waals surface area contributed by atoms with Crippen molar-refractivity contribution in [3.05, 3.63) is 6.92 Å². The molecular weight excluding hydrogens is 188 g/mol. The van der Waals surface area contributed by atoms with Crippen LogP contribution < -0.4 is 0 Å². The molecule has 0 aliphatic heterocycles. The summed E-state index contributed by atoms with van der Waals surface area (Å²) in [5.74, 6) is 0. The van der Waals surface area contributed by atoms with Crippen LogP contribution in [0.3, 0.4) is 0 Å². The third-order valence-corrected chi connectivity index (χ3v) is 0. The van der Waals surface area contributed by atoms with E-state index in [0.29, 0.717) is 0 Å². The molecule has 0 nitrogen and oxygen atoms in total. The van der Waals surface area contributed by atoms with Crippen molar-refractivity contribution < 1.29 is 49.4 Å². The first kappa shape index (κ1) is 9.14. The van der Waals surface area contributed by atoms with E-state index in [1.54, 1.807) is 0 Å². The van der Waals surface area contributed by atoms with E-state index >= 15 is 0 Å². The summed E-state index contributed by atoms with van der Waals surface area (Å²) in [4.78, 5) is 0. The van der Waals surface area contributed by atoms with E-state index in [9.17, 15) is 0 Å². The maximum atomic E-state index is 3.49. The van der Waals surface area contributed by atoms with Gasteiger partial charge in [0.1, 0.15) is 0 Å². The van der Waals surface area contributed by atoms with E-state index in [2.05, 4.69) is 6.92 Å². The van der Waals surface area contributed by atoms with Gasteiger partial charge in [0.2, 0.25) is 0 Å². The van der Waals surface area contributed by atoms with Gasteiger partial charge in [0.15, 0.2) is 0 Å². The Balaban J connectivity index is 0. The minimum absolute atomic E-state index is 0. The van der Waals surface area contributed by atoms with Crippen molar-refractivity contribution in [2.45, 2.75) is 13.3 Å². The standard InChI is InChI=1S/C3H7.Eu/c1-3-2;/h1,3H2,2H3;. The Morgan fingerprint density at radius 2 is 1.75 bits per heavy atom. The van der Waals surface area contributed by atoms with Crippen LogP contribution in [0.1, 0.15) is 13.3 Å². The fourth-order valence-electron chi connectivity index (χ4n) is 0. The monoisotopic (exact) mass is 196 g/mol. The smallest absolute Gasteiger partial charge is 0 e. The number of hydrogen-bond donors (Lipinski definition) is 0. The van der Waals surface area contributed by atoms with Gasteiger partial charge in [-0.3, -0.25) is 0 Å². The molecule has 0 fully saturated rings. The third kappa shape index (κ3) is 9.54. The molecule has 4 heavy (non-hydrogen) atoms. The topological polar surface area (TPSA) is 0 Å². The van der Waals surface area contributed by atoms with Crippen LogP contribution >= 0.6 is 0 Å². The molecule has 0 heterocycles. The van der Waals surface area contributed by atoms with Crippen LogP contribution in [0.25, 0.3) is 0 Å². The zero-order valence-corrected chi connectivity index (χ0v) is 5.22. The van der Waals surface area contributed by atoms with Crippen LogP contribution in [0.5, 0.6) is 0 Å². The Morgan fingerprint density at radius 3 is 1.75 bits per heavy atom. The van der Waals surface area contributed by atoms with Gasteiger partial charge < -0.3 is 0 Å². The SMILES string of the molecule is [CH2]CC.[Eu]. The van der Waals surface area contributed by atoms with Gasteiger partial charge in [-0.05, 0) is 0 Å². The first-order valence-corrected chi connectivity index (χ1v) is 1.21. The number of hydrogen-bond acceptors (Lipinski definition) is 0. The molecule has 0 aromatic heterocycles. The van der Waals surface area contributed by atoms with Gasteiger partial charge in [0.25, 0.3) is 0 Å². The van der Waals surface area contributed by atoms with E-state index in [0.717, 1.165) is 6.42 Å². The van der Waals surface area contributed by atoms with Crippen molar-refractivity contribution in [3.63, 3.8) is 0 Å². The molecule has 0 aromatic rings. The molecule has 1 heteroatoms. The van der Waals surface area contributed by atoms with Crippen LogP contribution in [-0.2, 0) is 0 Å². The maximum Gasteiger partial charge on any atom is 0 e. The summed E-state index contributed by atoms with van der Waals surface area (Å²) < 4.78 is 0. The van der Waals surface area contributed by atoms with Crippen molar-refractivity contribution >= 4 is 0 Å². The molecule has 0 N–H and O–H groups in total. The van der Waals surface area contributed by atoms with Gasteiger partial charge in [-0.2, -0.15) is 0 Å². The van der Waals surface area contributed by atoms with Crippen molar-refractivity contribution in [3.8, 4) is 0 Å². The summed E-state index contributed by atoms with van der Waals surface area (Å²) in [7, 11) is 0. The molecular formula is C3H7Eu. The van der Waals surface area contributed by atoms with Crippen LogP contribution in [-0.4, -0.2) is 0 Å². The molecule has 0 bridgehead atoms. The van der Waals surface area contributed by atoms with Crippen molar-refractivity contribution in [2.75, 3.05) is 0 Å². The van der Waals surface area contributed by atoms with E-state index in [1.165, 1.54) is 0 Å². The Hall–Kier alpha value is 1.58. The largest absolute Gasteiger partial charge is 0.0654 e. The van der Waals surface area contributed by atoms with Gasteiger partial charge in [-0.25, -0.2) is 0 Å². The van der Waals surface area contributed by atoms with Crippen molar-refractivity contribution in [1.29, 1.82) is 0 Å². The summed E-state index contributed by atoms with van der Waals surface area (Å²) in [6.07, 6.45) is 1.00. The van der Waals surface area contributed by atoms with E-state index in [-0.39, 0.29) is 49.4 Å². The average Bonchev–Trinajstić information content (AvgIpc) is 0.918. The molecule has 0 aliphatic rings. The summed E-state index contributed by atoms with van der Waals surface area (Å²) in [5.41, 5.74) is 0. The molecule has 0 saturated carbocycles. The summed E-state index contributed by atoms with van der Waals surface area (Å²) in [5, 5.41) is 0. The average molecular weight is 195 g/mol. The van der Waals surface area contributed by atoms with Gasteiger partial charge in [-0.1, -0.05) is 20.3 Å². The second-order valence-electron chi connectivity index (χ2n) is 0.500. The minimum Gasteiger partial charge on any atom is -0.0654 e. The molecule has 0 unspecified atom stereocenters. The van der Waals surface area contributed by atoms with E-state index < -0.39 is 0 Å². The minimum atomic E-state index is 0. The summed E-state index contributed by atoms with van der Waals surface area (Å²) >= 11 is 0. The first-order chi connectivity index (χ1) is 1.41. The Bertz CT molecular complexity index is 3.25. The molecule has 2 radical (unpaired) electrons. The van der Waals surface area contributed by atoms with Crippen LogP contribution in [0.2, 0.25) is 0 Å². The Morgan fingerprint density at radius 1 is 1.75 bits per heavy atom. The second-order valence-corrected chi connectivity index (χ2v) is 0.500. The molecule has 0 amide bonds. The Labute approximate surface area is 68.5 Å². The quantitative estimate of drug-likeness (QED) is 0.545. The predicted molar refractivity (Wildman–Crippen MR) is 15.6 cm³/mol. The van der Waals surface area contributed by atoms with Gasteiger partial charge >= 0.3 is 0 Å². The van der Waals surface area contributed by atoms with Gasteiger partial charge in [0.05, 0.1) is 0 Å². The fourth-order valence-corrected chi connectivity index (χ4v) is 0. The molecule has 0 aromatic carbocycles. The molecule has 0 atom stereocenters. The third-order valence-electron chi connectivity index (χ3n) is 0. The molecule has 0 rings (SSSR count). The zero-order valence-electron chi connectivity index (χ0n) is 2.79.